The summed E-state index contributed by atoms with van der Waals surface area (Å²) in [6.45, 7) is 2.03. The van der Waals surface area contributed by atoms with E-state index in [1.165, 1.54) is 7.11 Å². The molecule has 0 fully saturated rings. The van der Waals surface area contributed by atoms with E-state index in [9.17, 15) is 14.7 Å². The van der Waals surface area contributed by atoms with Crippen LogP contribution in [0.5, 0.6) is 11.5 Å². The maximum Gasteiger partial charge on any atom is 0.336 e. The van der Waals surface area contributed by atoms with Crippen LogP contribution >= 0.6 is 27.5 Å². The first-order chi connectivity index (χ1) is 19.3. The standard InChI is InChI=1S/C32H29BrClNO5/c1-18-28(32(38)40-13-12-19-6-4-3-5-7-19)29(22-14-24(33)31(37)27(17-22)39-2)30-25(35-18)15-21(16-26(30)36)20-8-10-23(34)11-9-20/h3-11,14,17,21,29,35,37H,12-13,15-16H2,1-2H3/t21-,29-/m0/s1. The second-order valence-electron chi connectivity index (χ2n) is 9.99. The van der Waals surface area contributed by atoms with Crippen LogP contribution in [0.25, 0.3) is 0 Å². The Morgan fingerprint density at radius 3 is 2.50 bits per heavy atom. The number of ether oxygens (including phenoxy) is 2. The number of nitrogens with one attached hydrogen (secondary N) is 1. The predicted octanol–water partition coefficient (Wildman–Crippen LogP) is 6.96. The molecule has 5 rings (SSSR count). The molecule has 40 heavy (non-hydrogen) atoms. The van der Waals surface area contributed by atoms with Gasteiger partial charge in [0.2, 0.25) is 0 Å². The third-order valence-corrected chi connectivity index (χ3v) is 8.32. The van der Waals surface area contributed by atoms with Crippen LogP contribution in [-0.4, -0.2) is 30.6 Å². The Labute approximate surface area is 246 Å². The number of ketones is 1. The zero-order valence-electron chi connectivity index (χ0n) is 22.2. The molecular weight excluding hydrogens is 594 g/mol. The number of hydrogen-bond donors (Lipinski definition) is 2. The first-order valence-corrected chi connectivity index (χ1v) is 14.2. The van der Waals surface area contributed by atoms with Crippen molar-refractivity contribution in [1.82, 2.24) is 5.32 Å². The minimum atomic E-state index is -0.690. The molecule has 6 nitrogen and oxygen atoms in total. The Kier molecular flexibility index (Phi) is 8.33. The summed E-state index contributed by atoms with van der Waals surface area (Å²) in [5.74, 6) is -1.08. The van der Waals surface area contributed by atoms with Gasteiger partial charge in [0, 0.05) is 40.7 Å². The number of allylic oxidation sites excluding steroid dienone is 3. The summed E-state index contributed by atoms with van der Waals surface area (Å²) in [4.78, 5) is 27.5. The molecule has 1 aliphatic heterocycles. The average Bonchev–Trinajstić information content (AvgIpc) is 2.94. The van der Waals surface area contributed by atoms with Crippen LogP contribution < -0.4 is 10.1 Å². The van der Waals surface area contributed by atoms with E-state index in [1.54, 1.807) is 12.1 Å². The van der Waals surface area contributed by atoms with Gasteiger partial charge in [-0.3, -0.25) is 4.79 Å². The highest BCUT2D eigenvalue weighted by Crippen LogP contribution is 2.48. The van der Waals surface area contributed by atoms with Crippen LogP contribution in [0.15, 0.2) is 93.7 Å². The minimum absolute atomic E-state index is 0.0232. The minimum Gasteiger partial charge on any atom is -0.503 e. The number of rotatable bonds is 7. The summed E-state index contributed by atoms with van der Waals surface area (Å²) in [5, 5.41) is 14.5. The number of benzene rings is 3. The number of phenolic OH excluding ortho intramolecular Hbond substituents is 1. The van der Waals surface area contributed by atoms with Crippen molar-refractivity contribution in [1.29, 1.82) is 0 Å². The first-order valence-electron chi connectivity index (χ1n) is 13.0. The van der Waals surface area contributed by atoms with Gasteiger partial charge in [-0.1, -0.05) is 54.1 Å². The summed E-state index contributed by atoms with van der Waals surface area (Å²) in [5.41, 5.74) is 5.04. The van der Waals surface area contributed by atoms with E-state index >= 15 is 0 Å². The smallest absolute Gasteiger partial charge is 0.336 e. The summed E-state index contributed by atoms with van der Waals surface area (Å²) in [6, 6.07) is 20.8. The Hall–Kier alpha value is -3.55. The van der Waals surface area contributed by atoms with Gasteiger partial charge in [0.05, 0.1) is 23.8 Å². The molecule has 8 heteroatoms. The highest BCUT2D eigenvalue weighted by atomic mass is 79.9. The number of halogens is 2. The molecule has 2 N–H and O–H groups in total. The molecule has 1 aliphatic carbocycles. The SMILES string of the molecule is COc1cc([C@H]2C(C(=O)OCCc3ccccc3)=C(C)NC3=C2C(=O)C[C@@H](c2ccc(Cl)cc2)C3)cc(Br)c1O. The zero-order chi connectivity index (χ0) is 28.4. The molecule has 2 aliphatic rings. The van der Waals surface area contributed by atoms with Gasteiger partial charge in [-0.15, -0.1) is 0 Å². The molecule has 2 atom stereocenters. The molecule has 1 heterocycles. The fraction of sp³-hybridized carbons (Fsp3) is 0.250. The number of carbonyl (C=O) groups excluding carboxylic acids is 2. The molecule has 3 aromatic rings. The molecule has 0 amide bonds. The molecule has 0 bridgehead atoms. The van der Waals surface area contributed by atoms with Crippen molar-refractivity contribution < 1.29 is 24.2 Å². The predicted molar refractivity (Wildman–Crippen MR) is 158 cm³/mol. The number of methoxy groups -OCH3 is 1. The molecule has 206 valence electrons. The van der Waals surface area contributed by atoms with Crippen molar-refractivity contribution in [2.75, 3.05) is 13.7 Å². The van der Waals surface area contributed by atoms with Crippen LogP contribution in [-0.2, 0) is 20.7 Å². The van der Waals surface area contributed by atoms with Gasteiger partial charge in [0.1, 0.15) is 0 Å². The second-order valence-corrected chi connectivity index (χ2v) is 11.3. The fourth-order valence-electron chi connectivity index (χ4n) is 5.51. The van der Waals surface area contributed by atoms with Gasteiger partial charge >= 0.3 is 5.97 Å². The normalized spacial score (nSPS) is 18.8. The van der Waals surface area contributed by atoms with Crippen molar-refractivity contribution in [3.8, 4) is 11.5 Å². The van der Waals surface area contributed by atoms with Crippen molar-refractivity contribution in [2.45, 2.75) is 38.0 Å². The number of Topliss-reactive ketones (excluding diaryl/α,β-unsaturated/α-hetero) is 1. The molecule has 0 aromatic heterocycles. The second kappa shape index (κ2) is 11.9. The Balaban J connectivity index is 1.52. The van der Waals surface area contributed by atoms with Crippen molar-refractivity contribution >= 4 is 39.3 Å². The Morgan fingerprint density at radius 2 is 1.80 bits per heavy atom. The quantitative estimate of drug-likeness (QED) is 0.277. The van der Waals surface area contributed by atoms with Crippen LogP contribution in [0, 0.1) is 0 Å². The van der Waals surface area contributed by atoms with Crippen molar-refractivity contribution in [3.63, 3.8) is 0 Å². The number of hydrogen-bond acceptors (Lipinski definition) is 6. The third-order valence-electron chi connectivity index (χ3n) is 7.46. The number of dihydropyridines is 1. The van der Waals surface area contributed by atoms with Crippen molar-refractivity contribution in [2.24, 2.45) is 0 Å². The fourth-order valence-corrected chi connectivity index (χ4v) is 6.10. The highest BCUT2D eigenvalue weighted by Gasteiger charge is 2.42. The lowest BCUT2D eigenvalue weighted by molar-refractivity contribution is -0.139. The zero-order valence-corrected chi connectivity index (χ0v) is 24.5. The number of phenols is 1. The molecule has 3 aromatic carbocycles. The van der Waals surface area contributed by atoms with E-state index in [1.807, 2.05) is 61.5 Å². The Bertz CT molecular complexity index is 1510. The number of aromatic hydroxyl groups is 1. The maximum absolute atomic E-state index is 13.9. The lowest BCUT2D eigenvalue weighted by atomic mass is 9.71. The van der Waals surface area contributed by atoms with Crippen LogP contribution in [0.1, 0.15) is 48.3 Å². The van der Waals surface area contributed by atoms with Crippen LogP contribution in [0.3, 0.4) is 0 Å². The summed E-state index contributed by atoms with van der Waals surface area (Å²) in [7, 11) is 1.46. The largest absolute Gasteiger partial charge is 0.503 e. The topological polar surface area (TPSA) is 84.9 Å². The van der Waals surface area contributed by atoms with E-state index in [4.69, 9.17) is 21.1 Å². The summed E-state index contributed by atoms with van der Waals surface area (Å²) >= 11 is 9.49. The maximum atomic E-state index is 13.9. The lowest BCUT2D eigenvalue weighted by Gasteiger charge is -2.37. The van der Waals surface area contributed by atoms with Gasteiger partial charge < -0.3 is 19.9 Å². The van der Waals surface area contributed by atoms with E-state index in [0.717, 1.165) is 16.8 Å². The Morgan fingerprint density at radius 1 is 1.07 bits per heavy atom. The molecule has 0 radical (unpaired) electrons. The van der Waals surface area contributed by atoms with E-state index in [-0.39, 0.29) is 29.8 Å². The summed E-state index contributed by atoms with van der Waals surface area (Å²) < 4.78 is 11.6. The molecule has 0 saturated carbocycles. The molecule has 0 saturated heterocycles. The third kappa shape index (κ3) is 5.67. The first kappa shape index (κ1) is 28.0. The van der Waals surface area contributed by atoms with Gasteiger partial charge in [-0.25, -0.2) is 4.79 Å². The van der Waals surface area contributed by atoms with Gasteiger partial charge in [0.25, 0.3) is 0 Å². The highest BCUT2D eigenvalue weighted by molar-refractivity contribution is 9.10. The average molecular weight is 623 g/mol. The number of carbonyl (C=O) groups is 2. The van der Waals surface area contributed by atoms with Gasteiger partial charge in [-0.2, -0.15) is 0 Å². The van der Waals surface area contributed by atoms with E-state index in [0.29, 0.717) is 51.2 Å². The van der Waals surface area contributed by atoms with E-state index < -0.39 is 11.9 Å². The summed E-state index contributed by atoms with van der Waals surface area (Å²) in [6.07, 6.45) is 1.47. The van der Waals surface area contributed by atoms with Gasteiger partial charge in [0.15, 0.2) is 17.3 Å². The molecule has 0 spiro atoms. The lowest BCUT2D eigenvalue weighted by Crippen LogP contribution is -2.36. The van der Waals surface area contributed by atoms with Crippen molar-refractivity contribution in [3.05, 3.63) is 115 Å². The number of esters is 1. The monoisotopic (exact) mass is 621 g/mol. The molecule has 0 unspecified atom stereocenters. The van der Waals surface area contributed by atoms with Gasteiger partial charge in [-0.05, 0) is 76.1 Å². The van der Waals surface area contributed by atoms with Crippen LogP contribution in [0.4, 0.5) is 0 Å². The molecular formula is C32H29BrClNO5. The van der Waals surface area contributed by atoms with Crippen LogP contribution in [0.2, 0.25) is 5.02 Å². The van der Waals surface area contributed by atoms with E-state index in [2.05, 4.69) is 21.2 Å².